The van der Waals surface area contributed by atoms with Crippen molar-refractivity contribution in [3.63, 3.8) is 0 Å². The van der Waals surface area contributed by atoms with Gasteiger partial charge in [0.25, 0.3) is 5.76 Å². The Kier molecular flexibility index (Phi) is 5.81. The number of benzene rings is 1. The summed E-state index contributed by atoms with van der Waals surface area (Å²) in [6.45, 7) is 2.08. The molecule has 1 aliphatic rings. The fraction of sp³-hybridized carbons (Fsp3) is 0.600. The van der Waals surface area contributed by atoms with Crippen molar-refractivity contribution in [2.24, 2.45) is 0 Å². The smallest absolute Gasteiger partial charge is 0.288 e. The van der Waals surface area contributed by atoms with Gasteiger partial charge in [-0.1, -0.05) is 23.9 Å². The van der Waals surface area contributed by atoms with Crippen LogP contribution >= 0.6 is 11.8 Å². The number of rotatable bonds is 5. The van der Waals surface area contributed by atoms with Crippen molar-refractivity contribution in [2.45, 2.75) is 61.4 Å². The van der Waals surface area contributed by atoms with Crippen molar-refractivity contribution in [1.29, 1.82) is 0 Å². The van der Waals surface area contributed by atoms with Crippen LogP contribution in [-0.2, 0) is 0 Å². The molecular formula is C15H21F2NOS. The molecule has 0 spiro atoms. The van der Waals surface area contributed by atoms with Gasteiger partial charge in [-0.2, -0.15) is 8.78 Å². The van der Waals surface area contributed by atoms with Crippen molar-refractivity contribution in [1.82, 2.24) is 5.32 Å². The number of aliphatic hydroxyl groups is 1. The number of hydrogen-bond acceptors (Lipinski definition) is 3. The van der Waals surface area contributed by atoms with Gasteiger partial charge in [-0.3, -0.25) is 0 Å². The van der Waals surface area contributed by atoms with Crippen LogP contribution in [0.2, 0.25) is 0 Å². The van der Waals surface area contributed by atoms with Gasteiger partial charge in [0.1, 0.15) is 0 Å². The fourth-order valence-electron chi connectivity index (χ4n) is 2.63. The number of nitrogens with one attached hydrogen (secondary N) is 1. The zero-order chi connectivity index (χ0) is 14.5. The Balaban J connectivity index is 1.87. The van der Waals surface area contributed by atoms with Crippen molar-refractivity contribution < 1.29 is 13.9 Å². The molecule has 1 atom stereocenters. The van der Waals surface area contributed by atoms with Gasteiger partial charge in [0, 0.05) is 17.0 Å². The molecule has 1 aromatic carbocycles. The predicted molar refractivity (Wildman–Crippen MR) is 78.1 cm³/mol. The molecule has 1 saturated carbocycles. The quantitative estimate of drug-likeness (QED) is 0.808. The number of aliphatic hydroxyl groups excluding tert-OH is 1. The van der Waals surface area contributed by atoms with E-state index in [0.717, 1.165) is 31.2 Å². The molecule has 112 valence electrons. The van der Waals surface area contributed by atoms with Gasteiger partial charge in [-0.05, 0) is 50.3 Å². The summed E-state index contributed by atoms with van der Waals surface area (Å²) in [6, 6.07) is 7.92. The molecule has 5 heteroatoms. The highest BCUT2D eigenvalue weighted by atomic mass is 32.2. The first-order valence-corrected chi connectivity index (χ1v) is 7.91. The van der Waals surface area contributed by atoms with E-state index in [1.807, 2.05) is 12.1 Å². The molecule has 1 unspecified atom stereocenters. The fourth-order valence-corrected chi connectivity index (χ4v) is 3.13. The normalized spacial score (nSPS) is 24.9. The largest absolute Gasteiger partial charge is 0.393 e. The highest BCUT2D eigenvalue weighted by Crippen LogP contribution is 2.27. The Labute approximate surface area is 123 Å². The summed E-state index contributed by atoms with van der Waals surface area (Å²) in [4.78, 5) is 0.594. The maximum atomic E-state index is 12.3. The number of thioether (sulfide) groups is 1. The first-order valence-electron chi connectivity index (χ1n) is 7.03. The lowest BCUT2D eigenvalue weighted by molar-refractivity contribution is 0.114. The zero-order valence-electron chi connectivity index (χ0n) is 11.6. The second-order valence-electron chi connectivity index (χ2n) is 5.34. The summed E-state index contributed by atoms with van der Waals surface area (Å²) in [5.41, 5.74) is 1.11. The molecule has 1 aromatic rings. The summed E-state index contributed by atoms with van der Waals surface area (Å²) < 4.78 is 24.5. The number of hydrogen-bond donors (Lipinski definition) is 2. The van der Waals surface area contributed by atoms with E-state index >= 15 is 0 Å². The average molecular weight is 301 g/mol. The minimum atomic E-state index is -2.37. The first-order chi connectivity index (χ1) is 9.54. The second-order valence-corrected chi connectivity index (χ2v) is 6.40. The van der Waals surface area contributed by atoms with Gasteiger partial charge in [0.2, 0.25) is 0 Å². The van der Waals surface area contributed by atoms with Crippen LogP contribution in [0, 0.1) is 0 Å². The van der Waals surface area contributed by atoms with Gasteiger partial charge < -0.3 is 10.4 Å². The van der Waals surface area contributed by atoms with Crippen LogP contribution in [0.4, 0.5) is 8.78 Å². The molecule has 0 aliphatic heterocycles. The number of alkyl halides is 2. The van der Waals surface area contributed by atoms with Crippen LogP contribution in [0.25, 0.3) is 0 Å². The summed E-state index contributed by atoms with van der Waals surface area (Å²) in [5, 5.41) is 13.0. The van der Waals surface area contributed by atoms with Crippen molar-refractivity contribution in [3.8, 4) is 0 Å². The molecule has 1 fully saturated rings. The van der Waals surface area contributed by atoms with Gasteiger partial charge in [0.15, 0.2) is 0 Å². The van der Waals surface area contributed by atoms with Crippen molar-refractivity contribution in [3.05, 3.63) is 29.8 Å². The third-order valence-electron chi connectivity index (χ3n) is 3.79. The minimum absolute atomic E-state index is 0.144. The van der Waals surface area contributed by atoms with Crippen molar-refractivity contribution in [2.75, 3.05) is 0 Å². The van der Waals surface area contributed by atoms with Crippen LogP contribution in [-0.4, -0.2) is 23.0 Å². The summed E-state index contributed by atoms with van der Waals surface area (Å²) in [7, 11) is 0. The highest BCUT2D eigenvalue weighted by molar-refractivity contribution is 7.99. The van der Waals surface area contributed by atoms with Gasteiger partial charge >= 0.3 is 0 Å². The van der Waals surface area contributed by atoms with E-state index in [1.54, 1.807) is 12.1 Å². The SMILES string of the molecule is CC(NC1CCC(O)CC1)c1ccc(SC(F)F)cc1. The second kappa shape index (κ2) is 7.38. The van der Waals surface area contributed by atoms with E-state index in [2.05, 4.69) is 12.2 Å². The molecule has 2 N–H and O–H groups in total. The maximum Gasteiger partial charge on any atom is 0.288 e. The molecular weight excluding hydrogens is 280 g/mol. The number of halogens is 2. The van der Waals surface area contributed by atoms with Crippen LogP contribution in [0.1, 0.15) is 44.2 Å². The van der Waals surface area contributed by atoms with Gasteiger partial charge in [0.05, 0.1) is 6.10 Å². The van der Waals surface area contributed by atoms with E-state index in [9.17, 15) is 13.9 Å². The standard InChI is InChI=1S/C15H21F2NOS/c1-10(18-12-4-6-13(19)7-5-12)11-2-8-14(9-3-11)20-15(16)17/h2-3,8-10,12-13,15,18-19H,4-7H2,1H3. The summed E-state index contributed by atoms with van der Waals surface area (Å²) >= 11 is 0.573. The third-order valence-corrected chi connectivity index (χ3v) is 4.51. The minimum Gasteiger partial charge on any atom is -0.393 e. The maximum absolute atomic E-state index is 12.3. The summed E-state index contributed by atoms with van der Waals surface area (Å²) in [5.74, 6) is -2.37. The van der Waals surface area contributed by atoms with Crippen LogP contribution in [0.15, 0.2) is 29.2 Å². The van der Waals surface area contributed by atoms with Crippen LogP contribution in [0.5, 0.6) is 0 Å². The van der Waals surface area contributed by atoms with Gasteiger partial charge in [-0.15, -0.1) is 0 Å². The van der Waals surface area contributed by atoms with E-state index in [4.69, 9.17) is 0 Å². The molecule has 0 bridgehead atoms. The molecule has 1 aliphatic carbocycles. The molecule has 0 aromatic heterocycles. The Hall–Kier alpha value is -0.650. The lowest BCUT2D eigenvalue weighted by Gasteiger charge is -2.29. The average Bonchev–Trinajstić information content (AvgIpc) is 2.41. The first kappa shape index (κ1) is 15.7. The van der Waals surface area contributed by atoms with Gasteiger partial charge in [-0.25, -0.2) is 0 Å². The highest BCUT2D eigenvalue weighted by Gasteiger charge is 2.20. The summed E-state index contributed by atoms with van der Waals surface area (Å²) in [6.07, 6.45) is 3.55. The van der Waals surface area contributed by atoms with Crippen molar-refractivity contribution >= 4 is 11.8 Å². The topological polar surface area (TPSA) is 32.3 Å². The van der Waals surface area contributed by atoms with E-state index < -0.39 is 5.76 Å². The predicted octanol–water partition coefficient (Wildman–Crippen LogP) is 3.96. The Morgan fingerprint density at radius 3 is 2.30 bits per heavy atom. The van der Waals surface area contributed by atoms with E-state index in [0.29, 0.717) is 22.7 Å². The third kappa shape index (κ3) is 4.72. The monoisotopic (exact) mass is 301 g/mol. The van der Waals surface area contributed by atoms with Crippen LogP contribution < -0.4 is 5.32 Å². The van der Waals surface area contributed by atoms with E-state index in [1.165, 1.54) is 0 Å². The van der Waals surface area contributed by atoms with Crippen LogP contribution in [0.3, 0.4) is 0 Å². The molecule has 2 rings (SSSR count). The molecule has 20 heavy (non-hydrogen) atoms. The molecule has 0 heterocycles. The zero-order valence-corrected chi connectivity index (χ0v) is 12.4. The lowest BCUT2D eigenvalue weighted by atomic mass is 9.92. The Morgan fingerprint density at radius 1 is 1.15 bits per heavy atom. The Bertz CT molecular complexity index is 405. The molecule has 0 saturated heterocycles. The molecule has 2 nitrogen and oxygen atoms in total. The van der Waals surface area contributed by atoms with E-state index in [-0.39, 0.29) is 12.1 Å². The molecule has 0 amide bonds. The molecule has 0 radical (unpaired) electrons. The Morgan fingerprint density at radius 2 is 1.75 bits per heavy atom. The lowest BCUT2D eigenvalue weighted by Crippen LogP contribution is -2.36.